The van der Waals surface area contributed by atoms with Crippen LogP contribution in [-0.4, -0.2) is 30.5 Å². The molecule has 1 N–H and O–H groups in total. The predicted octanol–water partition coefficient (Wildman–Crippen LogP) is 4.03. The second-order valence-corrected chi connectivity index (χ2v) is 6.41. The first-order valence-electron chi connectivity index (χ1n) is 8.83. The van der Waals surface area contributed by atoms with Crippen molar-refractivity contribution < 1.29 is 18.0 Å². The van der Waals surface area contributed by atoms with Crippen LogP contribution in [0.25, 0.3) is 11.5 Å². The Kier molecular flexibility index (Phi) is 4.82. The largest absolute Gasteiger partial charge is 0.434 e. The third-order valence-electron chi connectivity index (χ3n) is 4.37. The van der Waals surface area contributed by atoms with Crippen LogP contribution < -0.4 is 5.32 Å². The van der Waals surface area contributed by atoms with E-state index in [9.17, 15) is 18.0 Å². The molecule has 1 amide bonds. The number of rotatable bonds is 4. The van der Waals surface area contributed by atoms with Crippen LogP contribution in [0.3, 0.4) is 0 Å². The van der Waals surface area contributed by atoms with E-state index in [1.165, 1.54) is 23.0 Å². The molecule has 3 heterocycles. The maximum Gasteiger partial charge on any atom is 0.434 e. The first-order chi connectivity index (χ1) is 14.3. The van der Waals surface area contributed by atoms with Gasteiger partial charge in [0.25, 0.3) is 5.91 Å². The summed E-state index contributed by atoms with van der Waals surface area (Å²) in [5.74, 6) is -0.433. The van der Waals surface area contributed by atoms with Gasteiger partial charge in [-0.25, -0.2) is 14.3 Å². The van der Waals surface area contributed by atoms with Gasteiger partial charge in [-0.3, -0.25) is 4.79 Å². The number of carbonyl (C=O) groups excluding carboxylic acids is 1. The summed E-state index contributed by atoms with van der Waals surface area (Å²) < 4.78 is 43.7. The molecule has 0 saturated carbocycles. The monoisotopic (exact) mass is 412 g/mol. The van der Waals surface area contributed by atoms with Crippen LogP contribution in [0.4, 0.5) is 18.9 Å². The Morgan fingerprint density at radius 1 is 1.03 bits per heavy atom. The molecule has 0 unspecified atom stereocenters. The van der Waals surface area contributed by atoms with E-state index >= 15 is 0 Å². The molecule has 10 heteroatoms. The molecule has 0 fully saturated rings. The predicted molar refractivity (Wildman–Crippen MR) is 103 cm³/mol. The summed E-state index contributed by atoms with van der Waals surface area (Å²) >= 11 is 0. The van der Waals surface area contributed by atoms with Gasteiger partial charge in [-0.1, -0.05) is 18.2 Å². The van der Waals surface area contributed by atoms with Crippen LogP contribution >= 0.6 is 0 Å². The van der Waals surface area contributed by atoms with Crippen molar-refractivity contribution in [2.75, 3.05) is 5.32 Å². The van der Waals surface area contributed by atoms with Crippen molar-refractivity contribution in [3.63, 3.8) is 0 Å². The molecule has 0 aliphatic carbocycles. The molecule has 0 spiro atoms. The fourth-order valence-electron chi connectivity index (χ4n) is 2.97. The summed E-state index contributed by atoms with van der Waals surface area (Å²) in [6, 6.07) is 11.3. The van der Waals surface area contributed by atoms with E-state index in [1.807, 2.05) is 0 Å². The zero-order valence-corrected chi connectivity index (χ0v) is 15.6. The average Bonchev–Trinajstić information content (AvgIpc) is 3.39. The van der Waals surface area contributed by atoms with Crippen molar-refractivity contribution in [2.24, 2.45) is 0 Å². The lowest BCUT2D eigenvalue weighted by atomic mass is 10.1. The van der Waals surface area contributed by atoms with Crippen molar-refractivity contribution >= 4 is 11.6 Å². The molecule has 30 heavy (non-hydrogen) atoms. The number of para-hydroxylation sites is 1. The Morgan fingerprint density at radius 3 is 2.47 bits per heavy atom. The second-order valence-electron chi connectivity index (χ2n) is 6.41. The van der Waals surface area contributed by atoms with Gasteiger partial charge in [0.1, 0.15) is 0 Å². The molecule has 0 saturated heterocycles. The summed E-state index contributed by atoms with van der Waals surface area (Å²) in [6.45, 7) is 1.67. The highest BCUT2D eigenvalue weighted by molar-refractivity contribution is 6.05. The molecule has 0 bridgehead atoms. The number of pyridine rings is 1. The maximum absolute atomic E-state index is 13.8. The quantitative estimate of drug-likeness (QED) is 0.549. The lowest BCUT2D eigenvalue weighted by molar-refractivity contribution is -0.143. The van der Waals surface area contributed by atoms with Crippen LogP contribution in [0, 0.1) is 6.92 Å². The Morgan fingerprint density at radius 2 is 1.83 bits per heavy atom. The van der Waals surface area contributed by atoms with E-state index < -0.39 is 23.3 Å². The molecule has 1 aromatic carbocycles. The Labute approximate surface area is 168 Å². The van der Waals surface area contributed by atoms with E-state index in [-0.39, 0.29) is 11.4 Å². The number of aromatic nitrogens is 5. The van der Waals surface area contributed by atoms with Gasteiger partial charge in [0.15, 0.2) is 11.5 Å². The van der Waals surface area contributed by atoms with Gasteiger partial charge in [0.05, 0.1) is 29.3 Å². The number of amides is 1. The van der Waals surface area contributed by atoms with Crippen LogP contribution in [0.2, 0.25) is 0 Å². The molecular weight excluding hydrogens is 397 g/mol. The summed E-state index contributed by atoms with van der Waals surface area (Å²) in [5.41, 5.74) is -0.643. The molecule has 0 aliphatic heterocycles. The first kappa shape index (κ1) is 19.4. The minimum atomic E-state index is -4.78. The van der Waals surface area contributed by atoms with E-state index in [4.69, 9.17) is 0 Å². The number of hydrogen-bond donors (Lipinski definition) is 1. The number of benzene rings is 1. The van der Waals surface area contributed by atoms with Gasteiger partial charge in [-0.15, -0.1) is 0 Å². The third kappa shape index (κ3) is 3.66. The molecule has 3 aromatic heterocycles. The Bertz CT molecular complexity index is 1180. The van der Waals surface area contributed by atoms with Crippen molar-refractivity contribution in [3.8, 4) is 11.5 Å². The summed E-state index contributed by atoms with van der Waals surface area (Å²) in [4.78, 5) is 16.8. The highest BCUT2D eigenvalue weighted by Gasteiger charge is 2.40. The molecule has 0 atom stereocenters. The van der Waals surface area contributed by atoms with Gasteiger partial charge >= 0.3 is 6.18 Å². The molecule has 0 aliphatic rings. The Hall–Kier alpha value is -3.95. The SMILES string of the molecule is Cc1ccccc1-n1ncc(C(=O)Nc2ccc(-n3cccn3)nc2)c1C(F)(F)F. The normalized spacial score (nSPS) is 11.5. The summed E-state index contributed by atoms with van der Waals surface area (Å²) in [5, 5.41) is 10.3. The van der Waals surface area contributed by atoms with Crippen LogP contribution in [0.5, 0.6) is 0 Å². The highest BCUT2D eigenvalue weighted by Crippen LogP contribution is 2.34. The van der Waals surface area contributed by atoms with E-state index in [0.29, 0.717) is 11.4 Å². The molecule has 4 rings (SSSR count). The van der Waals surface area contributed by atoms with Crippen LogP contribution in [0.1, 0.15) is 21.6 Å². The van der Waals surface area contributed by atoms with E-state index in [1.54, 1.807) is 49.6 Å². The number of nitrogens with one attached hydrogen (secondary N) is 1. The first-order valence-corrected chi connectivity index (χ1v) is 8.83. The minimum absolute atomic E-state index is 0.243. The van der Waals surface area contributed by atoms with Gasteiger partial charge in [0.2, 0.25) is 0 Å². The molecule has 0 radical (unpaired) electrons. The van der Waals surface area contributed by atoms with Crippen molar-refractivity contribution in [1.29, 1.82) is 0 Å². The lowest BCUT2D eigenvalue weighted by Crippen LogP contribution is -2.21. The smallest absolute Gasteiger partial charge is 0.320 e. The molecule has 7 nitrogen and oxygen atoms in total. The van der Waals surface area contributed by atoms with Crippen molar-refractivity contribution in [1.82, 2.24) is 24.5 Å². The number of halogens is 3. The second kappa shape index (κ2) is 7.47. The summed E-state index contributed by atoms with van der Waals surface area (Å²) in [7, 11) is 0. The van der Waals surface area contributed by atoms with Gasteiger partial charge in [0, 0.05) is 12.4 Å². The van der Waals surface area contributed by atoms with Crippen molar-refractivity contribution in [3.05, 3.63) is 84.1 Å². The van der Waals surface area contributed by atoms with Gasteiger partial charge in [-0.05, 0) is 36.8 Å². The number of anilines is 1. The minimum Gasteiger partial charge on any atom is -0.320 e. The average molecular weight is 412 g/mol. The topological polar surface area (TPSA) is 77.6 Å². The number of nitrogens with zero attached hydrogens (tertiary/aromatic N) is 5. The standard InChI is InChI=1S/C20H15F3N6O/c1-13-5-2-3-6-16(13)29-18(20(21,22)23)15(12-26-29)19(30)27-14-7-8-17(24-11-14)28-10-4-9-25-28/h2-12H,1H3,(H,27,30). The third-order valence-corrected chi connectivity index (χ3v) is 4.37. The van der Waals surface area contributed by atoms with Crippen molar-refractivity contribution in [2.45, 2.75) is 13.1 Å². The Balaban J connectivity index is 1.65. The number of hydrogen-bond acceptors (Lipinski definition) is 4. The van der Waals surface area contributed by atoms with Crippen LogP contribution in [0.15, 0.2) is 67.3 Å². The number of aryl methyl sites for hydroxylation is 1. The zero-order valence-electron chi connectivity index (χ0n) is 15.6. The number of alkyl halides is 3. The fraction of sp³-hybridized carbons (Fsp3) is 0.100. The zero-order chi connectivity index (χ0) is 21.3. The molecular formula is C20H15F3N6O. The highest BCUT2D eigenvalue weighted by atomic mass is 19.4. The van der Waals surface area contributed by atoms with Gasteiger partial charge in [-0.2, -0.15) is 23.4 Å². The maximum atomic E-state index is 13.8. The lowest BCUT2D eigenvalue weighted by Gasteiger charge is -2.14. The number of carbonyl (C=O) groups is 1. The van der Waals surface area contributed by atoms with E-state index in [2.05, 4.69) is 20.5 Å². The van der Waals surface area contributed by atoms with E-state index in [0.717, 1.165) is 10.9 Å². The van der Waals surface area contributed by atoms with Gasteiger partial charge < -0.3 is 5.32 Å². The van der Waals surface area contributed by atoms with Crippen LogP contribution in [-0.2, 0) is 6.18 Å². The molecule has 4 aromatic rings. The summed E-state index contributed by atoms with van der Waals surface area (Å²) in [6.07, 6.45) is 0.746. The fourth-order valence-corrected chi connectivity index (χ4v) is 2.97. The molecule has 152 valence electrons.